The summed E-state index contributed by atoms with van der Waals surface area (Å²) < 4.78 is 5.53. The fraction of sp³-hybridized carbons (Fsp3) is 0.947. The molecule has 3 rings (SSSR count). The monoisotopic (exact) mass is 323 g/mol. The number of piperidine rings is 1. The van der Waals surface area contributed by atoms with E-state index in [4.69, 9.17) is 4.74 Å². The fourth-order valence-electron chi connectivity index (χ4n) is 4.93. The van der Waals surface area contributed by atoms with Gasteiger partial charge in [-0.25, -0.2) is 0 Å². The topological polar surface area (TPSA) is 49.8 Å². The van der Waals surface area contributed by atoms with E-state index in [1.807, 2.05) is 4.90 Å². The SMILES string of the molecule is CC1CCCCC1CC(=O)N1CC2(CCOCC2)CCC1CO. The average molecular weight is 323 g/mol. The Morgan fingerprint density at radius 2 is 1.91 bits per heavy atom. The van der Waals surface area contributed by atoms with Crippen LogP contribution in [0.4, 0.5) is 0 Å². The lowest BCUT2D eigenvalue weighted by molar-refractivity contribution is -0.144. The van der Waals surface area contributed by atoms with Crippen LogP contribution in [0.2, 0.25) is 0 Å². The molecular weight excluding hydrogens is 290 g/mol. The number of ether oxygens (including phenoxy) is 1. The highest BCUT2D eigenvalue weighted by molar-refractivity contribution is 5.77. The van der Waals surface area contributed by atoms with Crippen molar-refractivity contribution in [1.29, 1.82) is 0 Å². The first kappa shape index (κ1) is 17.2. The van der Waals surface area contributed by atoms with E-state index in [9.17, 15) is 9.90 Å². The lowest BCUT2D eigenvalue weighted by atomic mass is 9.72. The zero-order valence-corrected chi connectivity index (χ0v) is 14.6. The van der Waals surface area contributed by atoms with Crippen molar-refractivity contribution in [1.82, 2.24) is 4.90 Å². The van der Waals surface area contributed by atoms with E-state index in [1.54, 1.807) is 0 Å². The molecule has 1 amide bonds. The molecule has 0 radical (unpaired) electrons. The van der Waals surface area contributed by atoms with Crippen LogP contribution < -0.4 is 0 Å². The minimum atomic E-state index is 0.0369. The van der Waals surface area contributed by atoms with Gasteiger partial charge < -0.3 is 14.7 Å². The molecule has 0 aromatic carbocycles. The fourth-order valence-corrected chi connectivity index (χ4v) is 4.93. The highest BCUT2D eigenvalue weighted by Gasteiger charge is 2.42. The normalized spacial score (nSPS) is 34.5. The van der Waals surface area contributed by atoms with Gasteiger partial charge in [-0.2, -0.15) is 0 Å². The number of rotatable bonds is 3. The Morgan fingerprint density at radius 3 is 2.61 bits per heavy atom. The van der Waals surface area contributed by atoms with Crippen LogP contribution in [-0.4, -0.2) is 48.3 Å². The Hall–Kier alpha value is -0.610. The lowest BCUT2D eigenvalue weighted by Crippen LogP contribution is -2.54. The van der Waals surface area contributed by atoms with Gasteiger partial charge in [-0.15, -0.1) is 0 Å². The summed E-state index contributed by atoms with van der Waals surface area (Å²) in [5.74, 6) is 1.50. The quantitative estimate of drug-likeness (QED) is 0.868. The lowest BCUT2D eigenvalue weighted by Gasteiger charge is -2.48. The van der Waals surface area contributed by atoms with Crippen LogP contribution in [0.15, 0.2) is 0 Å². The molecule has 4 nitrogen and oxygen atoms in total. The number of carbonyl (C=O) groups excluding carboxylic acids is 1. The summed E-state index contributed by atoms with van der Waals surface area (Å²) in [4.78, 5) is 15.0. The van der Waals surface area contributed by atoms with Gasteiger partial charge in [-0.05, 0) is 49.4 Å². The third-order valence-electron chi connectivity index (χ3n) is 6.76. The molecule has 1 N–H and O–H groups in total. The van der Waals surface area contributed by atoms with E-state index in [-0.39, 0.29) is 24.0 Å². The number of nitrogens with zero attached hydrogens (tertiary/aromatic N) is 1. The molecule has 3 unspecified atom stereocenters. The minimum Gasteiger partial charge on any atom is -0.394 e. The first-order valence-corrected chi connectivity index (χ1v) is 9.62. The second kappa shape index (κ2) is 7.52. The van der Waals surface area contributed by atoms with Gasteiger partial charge in [-0.3, -0.25) is 4.79 Å². The van der Waals surface area contributed by atoms with Gasteiger partial charge in [0.15, 0.2) is 0 Å². The smallest absolute Gasteiger partial charge is 0.223 e. The zero-order chi connectivity index (χ0) is 16.3. The van der Waals surface area contributed by atoms with Crippen molar-refractivity contribution in [2.75, 3.05) is 26.4 Å². The Kier molecular flexibility index (Phi) is 5.63. The largest absolute Gasteiger partial charge is 0.394 e. The van der Waals surface area contributed by atoms with Crippen LogP contribution >= 0.6 is 0 Å². The maximum absolute atomic E-state index is 13.0. The molecule has 3 fully saturated rings. The zero-order valence-electron chi connectivity index (χ0n) is 14.6. The summed E-state index contributed by atoms with van der Waals surface area (Å²) in [5, 5.41) is 9.74. The highest BCUT2D eigenvalue weighted by atomic mass is 16.5. The molecule has 1 spiro atoms. The number of aliphatic hydroxyl groups is 1. The Balaban J connectivity index is 1.65. The van der Waals surface area contributed by atoms with Crippen molar-refractivity contribution < 1.29 is 14.6 Å². The van der Waals surface area contributed by atoms with E-state index < -0.39 is 0 Å². The van der Waals surface area contributed by atoms with Gasteiger partial charge in [0.05, 0.1) is 12.6 Å². The third-order valence-corrected chi connectivity index (χ3v) is 6.76. The number of likely N-dealkylation sites (tertiary alicyclic amines) is 1. The van der Waals surface area contributed by atoms with Gasteiger partial charge in [0, 0.05) is 26.2 Å². The van der Waals surface area contributed by atoms with Gasteiger partial charge >= 0.3 is 0 Å². The number of hydrogen-bond acceptors (Lipinski definition) is 3. The molecule has 2 aliphatic heterocycles. The first-order chi connectivity index (χ1) is 11.1. The molecule has 3 atom stereocenters. The van der Waals surface area contributed by atoms with E-state index in [0.717, 1.165) is 45.4 Å². The first-order valence-electron chi connectivity index (χ1n) is 9.62. The van der Waals surface area contributed by atoms with E-state index in [0.29, 0.717) is 18.3 Å². The summed E-state index contributed by atoms with van der Waals surface area (Å²) in [6, 6.07) is 0.0369. The molecule has 0 aromatic heterocycles. The van der Waals surface area contributed by atoms with Crippen LogP contribution in [0, 0.1) is 17.3 Å². The van der Waals surface area contributed by atoms with Crippen LogP contribution in [0.1, 0.15) is 64.7 Å². The van der Waals surface area contributed by atoms with Crippen molar-refractivity contribution in [3.8, 4) is 0 Å². The van der Waals surface area contributed by atoms with Crippen molar-refractivity contribution in [2.45, 2.75) is 70.8 Å². The maximum atomic E-state index is 13.0. The second-order valence-electron chi connectivity index (χ2n) is 8.24. The van der Waals surface area contributed by atoms with Gasteiger partial charge in [0.25, 0.3) is 0 Å². The summed E-state index contributed by atoms with van der Waals surface area (Å²) in [5.41, 5.74) is 0.248. The standard InChI is InChI=1S/C19H33NO3/c1-15-4-2-3-5-16(15)12-18(22)20-14-19(7-6-17(20)13-21)8-10-23-11-9-19/h15-17,21H,2-14H2,1H3. The Morgan fingerprint density at radius 1 is 1.17 bits per heavy atom. The van der Waals surface area contributed by atoms with Crippen molar-refractivity contribution in [2.24, 2.45) is 17.3 Å². The van der Waals surface area contributed by atoms with E-state index >= 15 is 0 Å². The molecule has 2 heterocycles. The van der Waals surface area contributed by atoms with E-state index in [2.05, 4.69) is 6.92 Å². The molecule has 1 saturated carbocycles. The van der Waals surface area contributed by atoms with Gasteiger partial charge in [0.1, 0.15) is 0 Å². The number of aliphatic hydroxyl groups excluding tert-OH is 1. The molecule has 132 valence electrons. The van der Waals surface area contributed by atoms with Crippen molar-refractivity contribution >= 4 is 5.91 Å². The number of carbonyl (C=O) groups is 1. The molecule has 23 heavy (non-hydrogen) atoms. The summed E-state index contributed by atoms with van der Waals surface area (Å²) >= 11 is 0. The predicted octanol–water partition coefficient (Wildman–Crippen LogP) is 2.98. The predicted molar refractivity (Wildman–Crippen MR) is 90.0 cm³/mol. The van der Waals surface area contributed by atoms with Gasteiger partial charge in [0.2, 0.25) is 5.91 Å². The summed E-state index contributed by atoms with van der Waals surface area (Å²) in [7, 11) is 0. The molecule has 1 aliphatic carbocycles. The minimum absolute atomic E-state index is 0.0369. The summed E-state index contributed by atoms with van der Waals surface area (Å²) in [6.45, 7) is 4.90. The Bertz CT molecular complexity index is 405. The Labute approximate surface area is 140 Å². The number of hydrogen-bond donors (Lipinski definition) is 1. The van der Waals surface area contributed by atoms with Crippen LogP contribution in [0.25, 0.3) is 0 Å². The summed E-state index contributed by atoms with van der Waals surface area (Å²) in [6.07, 6.45) is 9.94. The van der Waals surface area contributed by atoms with Crippen molar-refractivity contribution in [3.63, 3.8) is 0 Å². The molecule has 3 aliphatic rings. The highest BCUT2D eigenvalue weighted by Crippen LogP contribution is 2.42. The van der Waals surface area contributed by atoms with Crippen LogP contribution in [-0.2, 0) is 9.53 Å². The number of amides is 1. The molecule has 4 heteroatoms. The molecule has 2 saturated heterocycles. The molecule has 0 aromatic rings. The maximum Gasteiger partial charge on any atom is 0.223 e. The average Bonchev–Trinajstić information content (AvgIpc) is 2.57. The van der Waals surface area contributed by atoms with Crippen LogP contribution in [0.5, 0.6) is 0 Å². The third kappa shape index (κ3) is 3.90. The van der Waals surface area contributed by atoms with Gasteiger partial charge in [-0.1, -0.05) is 26.2 Å². The molecule has 0 bridgehead atoms. The van der Waals surface area contributed by atoms with Crippen LogP contribution in [0.3, 0.4) is 0 Å². The van der Waals surface area contributed by atoms with E-state index in [1.165, 1.54) is 25.7 Å². The van der Waals surface area contributed by atoms with Crippen molar-refractivity contribution in [3.05, 3.63) is 0 Å². The molecular formula is C19H33NO3. The second-order valence-corrected chi connectivity index (χ2v) is 8.24.